The SMILES string of the molecule is CCN1C(=O)/C(=C\c2c(OCc3ccc(C)cc3)ccc3ccccc23)SC1=Nc1ccc(OC)cc1. The van der Waals surface area contributed by atoms with E-state index in [2.05, 4.69) is 49.4 Å². The lowest BCUT2D eigenvalue weighted by atomic mass is 10.0. The maximum absolute atomic E-state index is 13.4. The van der Waals surface area contributed by atoms with Gasteiger partial charge < -0.3 is 9.47 Å². The van der Waals surface area contributed by atoms with Crippen LogP contribution in [-0.2, 0) is 11.4 Å². The third kappa shape index (κ3) is 5.39. The number of carbonyl (C=O) groups excluding carboxylic acids is 1. The van der Waals surface area contributed by atoms with E-state index in [0.717, 1.165) is 39.1 Å². The van der Waals surface area contributed by atoms with Crippen LogP contribution in [0.1, 0.15) is 23.6 Å². The topological polar surface area (TPSA) is 51.1 Å². The van der Waals surface area contributed by atoms with E-state index in [1.165, 1.54) is 17.3 Å². The van der Waals surface area contributed by atoms with E-state index in [9.17, 15) is 4.79 Å². The number of amides is 1. The first-order chi connectivity index (χ1) is 18.1. The normalized spacial score (nSPS) is 15.6. The fourth-order valence-electron chi connectivity index (χ4n) is 4.16. The number of benzene rings is 4. The number of nitrogens with zero attached hydrogens (tertiary/aromatic N) is 2. The van der Waals surface area contributed by atoms with Crippen molar-refractivity contribution in [2.24, 2.45) is 4.99 Å². The quantitative estimate of drug-likeness (QED) is 0.245. The van der Waals surface area contributed by atoms with Crippen LogP contribution in [0.25, 0.3) is 16.8 Å². The predicted octanol–water partition coefficient (Wildman–Crippen LogP) is 7.36. The number of aryl methyl sites for hydroxylation is 1. The summed E-state index contributed by atoms with van der Waals surface area (Å²) in [7, 11) is 1.63. The zero-order valence-corrected chi connectivity index (χ0v) is 21.9. The van der Waals surface area contributed by atoms with Crippen LogP contribution in [0.2, 0.25) is 0 Å². The van der Waals surface area contributed by atoms with E-state index >= 15 is 0 Å². The Morgan fingerprint density at radius 1 is 0.946 bits per heavy atom. The summed E-state index contributed by atoms with van der Waals surface area (Å²) in [6, 6.07) is 28.0. The monoisotopic (exact) mass is 508 g/mol. The number of likely N-dealkylation sites (N-methyl/N-ethyl adjacent to an activating group) is 1. The fourth-order valence-corrected chi connectivity index (χ4v) is 5.21. The molecule has 4 aromatic rings. The summed E-state index contributed by atoms with van der Waals surface area (Å²) in [4.78, 5) is 20.5. The van der Waals surface area contributed by atoms with Gasteiger partial charge >= 0.3 is 0 Å². The van der Waals surface area contributed by atoms with E-state index in [-0.39, 0.29) is 5.91 Å². The molecule has 0 aromatic heterocycles. The highest BCUT2D eigenvalue weighted by atomic mass is 32.2. The summed E-state index contributed by atoms with van der Waals surface area (Å²) >= 11 is 1.39. The molecule has 186 valence electrons. The zero-order valence-electron chi connectivity index (χ0n) is 21.1. The molecule has 0 radical (unpaired) electrons. The summed E-state index contributed by atoms with van der Waals surface area (Å²) in [6.07, 6.45) is 1.94. The van der Waals surface area contributed by atoms with Crippen molar-refractivity contribution in [1.29, 1.82) is 0 Å². The lowest BCUT2D eigenvalue weighted by molar-refractivity contribution is -0.122. The highest BCUT2D eigenvalue weighted by Crippen LogP contribution is 2.38. The van der Waals surface area contributed by atoms with Crippen LogP contribution in [0.4, 0.5) is 5.69 Å². The summed E-state index contributed by atoms with van der Waals surface area (Å²) in [5, 5.41) is 2.78. The number of hydrogen-bond donors (Lipinski definition) is 0. The van der Waals surface area contributed by atoms with E-state index in [1.54, 1.807) is 12.0 Å². The second-order valence-corrected chi connectivity index (χ2v) is 9.73. The number of fused-ring (bicyclic) bond motifs is 1. The number of rotatable bonds is 7. The number of carbonyl (C=O) groups is 1. The van der Waals surface area contributed by atoms with Crippen molar-refractivity contribution >= 4 is 45.4 Å². The maximum Gasteiger partial charge on any atom is 0.266 e. The van der Waals surface area contributed by atoms with Crippen molar-refractivity contribution in [3.05, 3.63) is 107 Å². The van der Waals surface area contributed by atoms with Gasteiger partial charge in [-0.25, -0.2) is 4.99 Å². The highest BCUT2D eigenvalue weighted by Gasteiger charge is 2.32. The van der Waals surface area contributed by atoms with Crippen LogP contribution in [0.5, 0.6) is 11.5 Å². The molecule has 5 nitrogen and oxygen atoms in total. The number of methoxy groups -OCH3 is 1. The first-order valence-corrected chi connectivity index (χ1v) is 13.0. The average Bonchev–Trinajstić information content (AvgIpc) is 3.22. The minimum atomic E-state index is -0.0582. The Bertz CT molecular complexity index is 1490. The Morgan fingerprint density at radius 3 is 2.43 bits per heavy atom. The van der Waals surface area contributed by atoms with Crippen molar-refractivity contribution in [3.63, 3.8) is 0 Å². The number of thioether (sulfide) groups is 1. The minimum absolute atomic E-state index is 0.0582. The molecule has 5 rings (SSSR count). The molecule has 0 bridgehead atoms. The molecular formula is C31H28N2O3S. The van der Waals surface area contributed by atoms with Gasteiger partial charge in [-0.15, -0.1) is 0 Å². The Hall–Kier alpha value is -4.03. The second kappa shape index (κ2) is 10.9. The number of ether oxygens (including phenoxy) is 2. The molecule has 1 saturated heterocycles. The van der Waals surface area contributed by atoms with Gasteiger partial charge in [0.05, 0.1) is 17.7 Å². The van der Waals surface area contributed by atoms with Crippen LogP contribution in [-0.4, -0.2) is 29.6 Å². The summed E-state index contributed by atoms with van der Waals surface area (Å²) in [5.41, 5.74) is 3.96. The van der Waals surface area contributed by atoms with Crippen LogP contribution in [0.3, 0.4) is 0 Å². The van der Waals surface area contributed by atoms with E-state index in [1.807, 2.05) is 55.5 Å². The predicted molar refractivity (Wildman–Crippen MR) is 153 cm³/mol. The molecule has 4 aromatic carbocycles. The van der Waals surface area contributed by atoms with Crippen LogP contribution >= 0.6 is 11.8 Å². The summed E-state index contributed by atoms with van der Waals surface area (Å²) in [5.74, 6) is 1.45. The summed E-state index contributed by atoms with van der Waals surface area (Å²) in [6.45, 7) is 5.00. The van der Waals surface area contributed by atoms with E-state index in [4.69, 9.17) is 14.5 Å². The lowest BCUT2D eigenvalue weighted by Crippen LogP contribution is -2.28. The van der Waals surface area contributed by atoms with E-state index < -0.39 is 0 Å². The summed E-state index contributed by atoms with van der Waals surface area (Å²) < 4.78 is 11.5. The molecule has 1 fully saturated rings. The molecule has 37 heavy (non-hydrogen) atoms. The minimum Gasteiger partial charge on any atom is -0.497 e. The molecule has 1 aliphatic rings. The molecule has 6 heteroatoms. The van der Waals surface area contributed by atoms with Crippen molar-refractivity contribution in [2.45, 2.75) is 20.5 Å². The fraction of sp³-hybridized carbons (Fsp3) is 0.161. The van der Waals surface area contributed by atoms with Crippen molar-refractivity contribution < 1.29 is 14.3 Å². The molecule has 1 amide bonds. The van der Waals surface area contributed by atoms with E-state index in [0.29, 0.717) is 23.2 Å². The van der Waals surface area contributed by atoms with Gasteiger partial charge in [0.15, 0.2) is 5.17 Å². The van der Waals surface area contributed by atoms with Crippen molar-refractivity contribution in [2.75, 3.05) is 13.7 Å². The van der Waals surface area contributed by atoms with Gasteiger partial charge in [0.1, 0.15) is 18.1 Å². The van der Waals surface area contributed by atoms with Crippen molar-refractivity contribution in [1.82, 2.24) is 4.90 Å². The van der Waals surface area contributed by atoms with Crippen LogP contribution < -0.4 is 9.47 Å². The van der Waals surface area contributed by atoms with Gasteiger partial charge in [-0.1, -0.05) is 60.2 Å². The van der Waals surface area contributed by atoms with Crippen LogP contribution in [0, 0.1) is 6.92 Å². The molecule has 1 aliphatic heterocycles. The highest BCUT2D eigenvalue weighted by molar-refractivity contribution is 8.18. The molecule has 0 aliphatic carbocycles. The third-order valence-corrected chi connectivity index (χ3v) is 7.23. The first-order valence-electron chi connectivity index (χ1n) is 12.2. The Morgan fingerprint density at radius 2 is 1.70 bits per heavy atom. The molecule has 0 saturated carbocycles. The van der Waals surface area contributed by atoms with Gasteiger partial charge in [-0.3, -0.25) is 9.69 Å². The Labute approximate surface area is 221 Å². The molecular weight excluding hydrogens is 480 g/mol. The first kappa shape index (κ1) is 24.7. The maximum atomic E-state index is 13.4. The number of aliphatic imine (C=N–C) groups is 1. The molecule has 1 heterocycles. The molecule has 0 unspecified atom stereocenters. The van der Waals surface area contributed by atoms with Gasteiger partial charge in [0, 0.05) is 12.1 Å². The lowest BCUT2D eigenvalue weighted by Gasteiger charge is -2.13. The number of hydrogen-bond acceptors (Lipinski definition) is 5. The third-order valence-electron chi connectivity index (χ3n) is 6.22. The Balaban J connectivity index is 1.51. The largest absolute Gasteiger partial charge is 0.497 e. The van der Waals surface area contributed by atoms with Gasteiger partial charge in [0.2, 0.25) is 0 Å². The zero-order chi connectivity index (χ0) is 25.8. The van der Waals surface area contributed by atoms with Gasteiger partial charge in [0.25, 0.3) is 5.91 Å². The molecule has 0 spiro atoms. The smallest absolute Gasteiger partial charge is 0.266 e. The van der Waals surface area contributed by atoms with Crippen molar-refractivity contribution in [3.8, 4) is 11.5 Å². The molecule has 0 N–H and O–H groups in total. The average molecular weight is 509 g/mol. The second-order valence-electron chi connectivity index (χ2n) is 8.73. The van der Waals surface area contributed by atoms with Gasteiger partial charge in [-0.05, 0) is 78.4 Å². The van der Waals surface area contributed by atoms with Crippen LogP contribution in [0.15, 0.2) is 94.8 Å². The molecule has 0 atom stereocenters. The van der Waals surface area contributed by atoms with Gasteiger partial charge in [-0.2, -0.15) is 0 Å². The standard InChI is InChI=1S/C31H28N2O3S/c1-4-33-30(34)29(37-31(33)32-24-14-16-25(35-3)17-15-24)19-27-26-8-6-5-7-23(26)13-18-28(27)36-20-22-11-9-21(2)10-12-22/h5-19H,4,20H2,1-3H3/b29-19+,32-31?. The Kier molecular flexibility index (Phi) is 7.28. The number of amidine groups is 1.